The predicted molar refractivity (Wildman–Crippen MR) is 139 cm³/mol. The summed E-state index contributed by atoms with van der Waals surface area (Å²) in [4.78, 5) is 13.4. The van der Waals surface area contributed by atoms with Gasteiger partial charge in [-0.25, -0.2) is 16.8 Å². The number of carbonyl (C=O) groups is 1. The number of piperidine rings is 2. The standard InChI is InChI=1S/C25H33N3O7S2/c1-34-20-6-8-21(9-7-20)36(30,31)28-16-12-19(13-17-28)25(29)26-23-18-22(10-11-24(23)35-2)37(32,33)27-14-4-3-5-15-27/h6-11,18-19H,3-5,12-17H2,1-2H3,(H,26,29). The molecule has 202 valence electrons. The smallest absolute Gasteiger partial charge is 0.243 e. The van der Waals surface area contributed by atoms with Gasteiger partial charge in [0.2, 0.25) is 26.0 Å². The number of anilines is 1. The van der Waals surface area contributed by atoms with E-state index in [0.29, 0.717) is 37.4 Å². The third-order valence-corrected chi connectivity index (χ3v) is 10.7. The van der Waals surface area contributed by atoms with Gasteiger partial charge < -0.3 is 14.8 Å². The lowest BCUT2D eigenvalue weighted by Crippen LogP contribution is -2.41. The fourth-order valence-corrected chi connectivity index (χ4v) is 7.70. The average molecular weight is 552 g/mol. The van der Waals surface area contributed by atoms with Crippen molar-refractivity contribution in [2.45, 2.75) is 41.9 Å². The molecule has 2 heterocycles. The summed E-state index contributed by atoms with van der Waals surface area (Å²) in [5.41, 5.74) is 0.277. The van der Waals surface area contributed by atoms with Crippen LogP contribution in [0.4, 0.5) is 5.69 Å². The average Bonchev–Trinajstić information content (AvgIpc) is 2.93. The highest BCUT2D eigenvalue weighted by atomic mass is 32.2. The van der Waals surface area contributed by atoms with E-state index < -0.39 is 26.0 Å². The van der Waals surface area contributed by atoms with Gasteiger partial charge in [0.15, 0.2) is 0 Å². The van der Waals surface area contributed by atoms with Crippen molar-refractivity contribution in [1.29, 1.82) is 0 Å². The van der Waals surface area contributed by atoms with Crippen LogP contribution in [0.25, 0.3) is 0 Å². The summed E-state index contributed by atoms with van der Waals surface area (Å²) in [7, 11) is -4.40. The minimum absolute atomic E-state index is 0.103. The second-order valence-corrected chi connectivity index (χ2v) is 13.0. The van der Waals surface area contributed by atoms with Gasteiger partial charge in [0.05, 0.1) is 29.7 Å². The first-order valence-corrected chi connectivity index (χ1v) is 15.2. The molecule has 10 nitrogen and oxygen atoms in total. The molecule has 1 N–H and O–H groups in total. The van der Waals surface area contributed by atoms with Gasteiger partial charge in [-0.15, -0.1) is 0 Å². The molecule has 37 heavy (non-hydrogen) atoms. The number of ether oxygens (including phenoxy) is 2. The Morgan fingerprint density at radius 3 is 1.95 bits per heavy atom. The van der Waals surface area contributed by atoms with Crippen LogP contribution in [0, 0.1) is 5.92 Å². The zero-order chi connectivity index (χ0) is 26.6. The van der Waals surface area contributed by atoms with Crippen LogP contribution in [0.3, 0.4) is 0 Å². The Morgan fingerprint density at radius 2 is 1.35 bits per heavy atom. The van der Waals surface area contributed by atoms with E-state index in [4.69, 9.17) is 9.47 Å². The van der Waals surface area contributed by atoms with E-state index in [0.717, 1.165) is 19.3 Å². The summed E-state index contributed by atoms with van der Waals surface area (Å²) in [6.45, 7) is 1.36. The number of amides is 1. The summed E-state index contributed by atoms with van der Waals surface area (Å²) in [6.07, 6.45) is 3.35. The molecule has 0 aromatic heterocycles. The van der Waals surface area contributed by atoms with Gasteiger partial charge in [0.25, 0.3) is 0 Å². The topological polar surface area (TPSA) is 122 Å². The molecule has 4 rings (SSSR count). The molecule has 2 aliphatic heterocycles. The first-order chi connectivity index (χ1) is 17.7. The predicted octanol–water partition coefficient (Wildman–Crippen LogP) is 2.92. The molecule has 2 fully saturated rings. The van der Waals surface area contributed by atoms with Crippen LogP contribution in [0.5, 0.6) is 11.5 Å². The zero-order valence-corrected chi connectivity index (χ0v) is 22.7. The zero-order valence-electron chi connectivity index (χ0n) is 21.1. The number of carbonyl (C=O) groups excluding carboxylic acids is 1. The highest BCUT2D eigenvalue weighted by Gasteiger charge is 2.33. The Kier molecular flexibility index (Phi) is 8.42. The summed E-state index contributed by atoms with van der Waals surface area (Å²) in [6, 6.07) is 10.7. The van der Waals surface area contributed by atoms with Gasteiger partial charge in [-0.2, -0.15) is 8.61 Å². The molecule has 0 bridgehead atoms. The van der Waals surface area contributed by atoms with Crippen molar-refractivity contribution in [3.63, 3.8) is 0 Å². The number of rotatable bonds is 8. The summed E-state index contributed by atoms with van der Waals surface area (Å²) in [5, 5.41) is 2.82. The molecule has 2 aromatic rings. The van der Waals surface area contributed by atoms with Crippen molar-refractivity contribution in [1.82, 2.24) is 8.61 Å². The third kappa shape index (κ3) is 5.92. The second-order valence-electron chi connectivity index (χ2n) is 9.17. The van der Waals surface area contributed by atoms with Crippen molar-refractivity contribution in [3.05, 3.63) is 42.5 Å². The minimum Gasteiger partial charge on any atom is -0.497 e. The number of hydrogen-bond donors (Lipinski definition) is 1. The number of sulfonamides is 2. The van der Waals surface area contributed by atoms with E-state index in [-0.39, 0.29) is 34.5 Å². The van der Waals surface area contributed by atoms with Crippen molar-refractivity contribution in [2.24, 2.45) is 5.92 Å². The highest BCUT2D eigenvalue weighted by molar-refractivity contribution is 7.89. The van der Waals surface area contributed by atoms with Crippen LogP contribution in [0.15, 0.2) is 52.3 Å². The molecule has 0 atom stereocenters. The first-order valence-electron chi connectivity index (χ1n) is 12.3. The maximum Gasteiger partial charge on any atom is 0.243 e. The van der Waals surface area contributed by atoms with E-state index in [1.165, 1.54) is 53.2 Å². The first kappa shape index (κ1) is 27.4. The maximum absolute atomic E-state index is 13.1. The van der Waals surface area contributed by atoms with Crippen LogP contribution in [-0.2, 0) is 24.8 Å². The Bertz CT molecular complexity index is 1310. The highest BCUT2D eigenvalue weighted by Crippen LogP contribution is 2.32. The van der Waals surface area contributed by atoms with Gasteiger partial charge in [0, 0.05) is 32.1 Å². The van der Waals surface area contributed by atoms with Crippen LogP contribution >= 0.6 is 0 Å². The fraction of sp³-hybridized carbons (Fsp3) is 0.480. The van der Waals surface area contributed by atoms with Gasteiger partial charge in [-0.05, 0) is 68.1 Å². The molecule has 1 amide bonds. The summed E-state index contributed by atoms with van der Waals surface area (Å²) in [5.74, 6) is 0.199. The molecule has 0 spiro atoms. The lowest BCUT2D eigenvalue weighted by molar-refractivity contribution is -0.120. The minimum atomic E-state index is -3.68. The summed E-state index contributed by atoms with van der Waals surface area (Å²) < 4.78 is 65.5. The Hall–Kier alpha value is -2.67. The van der Waals surface area contributed by atoms with Gasteiger partial charge in [0.1, 0.15) is 11.5 Å². The molecular formula is C25H33N3O7S2. The third-order valence-electron chi connectivity index (χ3n) is 6.90. The molecule has 0 unspecified atom stereocenters. The quantitative estimate of drug-likeness (QED) is 0.535. The largest absolute Gasteiger partial charge is 0.497 e. The van der Waals surface area contributed by atoms with Crippen LogP contribution < -0.4 is 14.8 Å². The number of benzene rings is 2. The van der Waals surface area contributed by atoms with E-state index in [1.54, 1.807) is 12.1 Å². The van der Waals surface area contributed by atoms with Gasteiger partial charge >= 0.3 is 0 Å². The summed E-state index contributed by atoms with van der Waals surface area (Å²) >= 11 is 0. The van der Waals surface area contributed by atoms with E-state index in [1.807, 2.05) is 0 Å². The lowest BCUT2D eigenvalue weighted by Gasteiger charge is -2.30. The molecule has 0 aliphatic carbocycles. The van der Waals surface area contributed by atoms with Crippen LogP contribution in [0.2, 0.25) is 0 Å². The van der Waals surface area contributed by atoms with Crippen LogP contribution in [-0.4, -0.2) is 71.8 Å². The number of nitrogens with zero attached hydrogens (tertiary/aromatic N) is 2. The van der Waals surface area contributed by atoms with Crippen molar-refractivity contribution >= 4 is 31.6 Å². The monoisotopic (exact) mass is 551 g/mol. The maximum atomic E-state index is 13.1. The molecule has 12 heteroatoms. The molecule has 2 aliphatic rings. The van der Waals surface area contributed by atoms with Gasteiger partial charge in [-0.1, -0.05) is 6.42 Å². The molecule has 2 saturated heterocycles. The molecular weight excluding hydrogens is 518 g/mol. The number of hydrogen-bond acceptors (Lipinski definition) is 7. The molecule has 2 aromatic carbocycles. The number of methoxy groups -OCH3 is 2. The normalized spacial score (nSPS) is 18.3. The SMILES string of the molecule is COc1ccc(S(=O)(=O)N2CCC(C(=O)Nc3cc(S(=O)(=O)N4CCCCC4)ccc3OC)CC2)cc1. The lowest BCUT2D eigenvalue weighted by atomic mass is 9.97. The van der Waals surface area contributed by atoms with E-state index in [2.05, 4.69) is 5.32 Å². The second kappa shape index (κ2) is 11.4. The Balaban J connectivity index is 1.43. The molecule has 0 saturated carbocycles. The van der Waals surface area contributed by atoms with Crippen molar-refractivity contribution in [2.75, 3.05) is 45.7 Å². The molecule has 0 radical (unpaired) electrons. The van der Waals surface area contributed by atoms with Crippen LogP contribution in [0.1, 0.15) is 32.1 Å². The van der Waals surface area contributed by atoms with Gasteiger partial charge in [-0.3, -0.25) is 4.79 Å². The fourth-order valence-electron chi connectivity index (χ4n) is 4.69. The van der Waals surface area contributed by atoms with Crippen molar-refractivity contribution < 1.29 is 31.1 Å². The van der Waals surface area contributed by atoms with E-state index in [9.17, 15) is 21.6 Å². The Labute approximate surface area is 218 Å². The van der Waals surface area contributed by atoms with E-state index >= 15 is 0 Å². The van der Waals surface area contributed by atoms with Crippen molar-refractivity contribution in [3.8, 4) is 11.5 Å². The Morgan fingerprint density at radius 1 is 0.784 bits per heavy atom. The number of nitrogens with one attached hydrogen (secondary N) is 1.